The van der Waals surface area contributed by atoms with Gasteiger partial charge in [-0.25, -0.2) is 17.6 Å². The number of rotatable bonds is 2. The summed E-state index contributed by atoms with van der Waals surface area (Å²) in [6.45, 7) is 0.768. The van der Waals surface area contributed by atoms with Gasteiger partial charge < -0.3 is 29.6 Å². The van der Waals surface area contributed by atoms with Crippen LogP contribution in [0.3, 0.4) is 0 Å². The lowest BCUT2D eigenvalue weighted by Crippen LogP contribution is -2.54. The molecule has 7 rings (SSSR count). The molecule has 4 atom stereocenters. The van der Waals surface area contributed by atoms with Crippen LogP contribution in [0.15, 0.2) is 24.3 Å². The molecule has 13 heteroatoms. The molecular formula is C27H19F4N3O6. The third-order valence-corrected chi connectivity index (χ3v) is 7.89. The van der Waals surface area contributed by atoms with E-state index in [1.165, 1.54) is 11.5 Å². The summed E-state index contributed by atoms with van der Waals surface area (Å²) in [6, 6.07) is 3.36. The lowest BCUT2D eigenvalue weighted by Gasteiger charge is -2.43. The lowest BCUT2D eigenvalue weighted by atomic mass is 9.88. The summed E-state index contributed by atoms with van der Waals surface area (Å²) in [5.74, 6) is -6.65. The number of benzene rings is 3. The fourth-order valence-electron chi connectivity index (χ4n) is 6.14. The van der Waals surface area contributed by atoms with Crippen molar-refractivity contribution in [2.45, 2.75) is 37.4 Å². The van der Waals surface area contributed by atoms with Crippen molar-refractivity contribution < 1.29 is 47.2 Å². The van der Waals surface area contributed by atoms with Crippen LogP contribution in [0.5, 0.6) is 0 Å². The number of carbonyl (C=O) groups is 2. The molecule has 0 unspecified atom stereocenters. The maximum atomic E-state index is 14.7. The lowest BCUT2D eigenvalue weighted by molar-refractivity contribution is -0.237. The number of aliphatic hydroxyl groups excluding tert-OH is 2. The van der Waals surface area contributed by atoms with Crippen LogP contribution >= 0.6 is 0 Å². The molecule has 5 aromatic rings. The van der Waals surface area contributed by atoms with Gasteiger partial charge in [-0.05, 0) is 19.1 Å². The molecule has 40 heavy (non-hydrogen) atoms. The van der Waals surface area contributed by atoms with Crippen LogP contribution in [0.25, 0.3) is 43.6 Å². The molecule has 2 aliphatic rings. The zero-order valence-electron chi connectivity index (χ0n) is 20.5. The fourth-order valence-corrected chi connectivity index (χ4v) is 6.14. The fraction of sp³-hybridized carbons (Fsp3) is 0.259. The highest BCUT2D eigenvalue weighted by Crippen LogP contribution is 2.47. The number of nitrogens with zero attached hydrogens (tertiary/aromatic N) is 1. The number of halogens is 4. The van der Waals surface area contributed by atoms with E-state index < -0.39 is 65.7 Å². The van der Waals surface area contributed by atoms with Gasteiger partial charge >= 0.3 is 0 Å². The number of aliphatic hydroxyl groups is 3. The van der Waals surface area contributed by atoms with Gasteiger partial charge in [0.15, 0.2) is 29.5 Å². The first-order chi connectivity index (χ1) is 18.9. The molecule has 5 N–H and O–H groups in total. The average molecular weight is 557 g/mol. The molecule has 0 saturated carbocycles. The van der Waals surface area contributed by atoms with Gasteiger partial charge in [0.25, 0.3) is 11.8 Å². The molecule has 3 aromatic carbocycles. The van der Waals surface area contributed by atoms with Crippen molar-refractivity contribution in [2.75, 3.05) is 6.61 Å². The summed E-state index contributed by atoms with van der Waals surface area (Å²) in [6.07, 6.45) is -4.34. The number of nitrogens with one attached hydrogen (secondary N) is 2. The van der Waals surface area contributed by atoms with E-state index in [1.54, 1.807) is 0 Å². The maximum Gasteiger partial charge on any atom is 0.259 e. The number of imide groups is 1. The van der Waals surface area contributed by atoms with Crippen LogP contribution in [0.2, 0.25) is 0 Å². The molecule has 0 bridgehead atoms. The van der Waals surface area contributed by atoms with Crippen molar-refractivity contribution in [2.24, 2.45) is 0 Å². The van der Waals surface area contributed by atoms with E-state index in [0.717, 1.165) is 24.3 Å². The normalized spacial score (nSPS) is 25.1. The molecule has 206 valence electrons. The maximum absolute atomic E-state index is 14.7. The summed E-state index contributed by atoms with van der Waals surface area (Å²) in [5, 5.41) is 34.2. The van der Waals surface area contributed by atoms with Gasteiger partial charge in [0.2, 0.25) is 0 Å². The third-order valence-electron chi connectivity index (χ3n) is 7.89. The van der Waals surface area contributed by atoms with Crippen LogP contribution < -0.4 is 5.32 Å². The van der Waals surface area contributed by atoms with E-state index in [2.05, 4.69) is 10.3 Å². The highest BCUT2D eigenvalue weighted by Gasteiger charge is 2.47. The second-order valence-corrected chi connectivity index (χ2v) is 10.4. The predicted molar refractivity (Wildman–Crippen MR) is 133 cm³/mol. The number of amides is 2. The molecule has 2 aliphatic heterocycles. The zero-order valence-corrected chi connectivity index (χ0v) is 20.5. The molecular weight excluding hydrogens is 538 g/mol. The van der Waals surface area contributed by atoms with Crippen molar-refractivity contribution in [3.8, 4) is 0 Å². The molecule has 1 saturated heterocycles. The first kappa shape index (κ1) is 25.0. The topological polar surface area (TPSA) is 137 Å². The summed E-state index contributed by atoms with van der Waals surface area (Å²) in [7, 11) is 0. The average Bonchev–Trinajstić information content (AvgIpc) is 3.50. The number of aromatic nitrogens is 2. The van der Waals surface area contributed by atoms with E-state index in [-0.39, 0.29) is 61.2 Å². The second-order valence-electron chi connectivity index (χ2n) is 10.4. The van der Waals surface area contributed by atoms with E-state index in [9.17, 15) is 42.5 Å². The van der Waals surface area contributed by atoms with Gasteiger partial charge in [-0.15, -0.1) is 0 Å². The summed E-state index contributed by atoms with van der Waals surface area (Å²) in [4.78, 5) is 29.1. The SMILES string of the molecule is C[C@]1(O)C[C@@H](CO)O[C@@H](n2c3cc(F)c(F)cc3c3c4c(c5c6cc(F)c(F)cc6[nH]c5c32)C(=O)NC4=O)[C@@H]1O. The van der Waals surface area contributed by atoms with Crippen molar-refractivity contribution in [1.29, 1.82) is 0 Å². The number of hydrogen-bond donors (Lipinski definition) is 5. The van der Waals surface area contributed by atoms with Gasteiger partial charge in [0.1, 0.15) is 6.10 Å². The highest BCUT2D eigenvalue weighted by atomic mass is 19.2. The smallest absolute Gasteiger partial charge is 0.259 e. The predicted octanol–water partition coefficient (Wildman–Crippen LogP) is 3.26. The second kappa shape index (κ2) is 8.01. The van der Waals surface area contributed by atoms with E-state index >= 15 is 0 Å². The van der Waals surface area contributed by atoms with Gasteiger partial charge in [-0.2, -0.15) is 0 Å². The number of aromatic amines is 1. The highest BCUT2D eigenvalue weighted by molar-refractivity contribution is 6.39. The summed E-state index contributed by atoms with van der Waals surface area (Å²) in [5.41, 5.74) is -2.18. The minimum Gasteiger partial charge on any atom is -0.394 e. The Hall–Kier alpha value is -4.04. The molecule has 0 spiro atoms. The quantitative estimate of drug-likeness (QED) is 0.167. The number of H-pyrrole nitrogens is 1. The molecule has 2 amide bonds. The molecule has 9 nitrogen and oxygen atoms in total. The van der Waals surface area contributed by atoms with Crippen molar-refractivity contribution in [3.05, 3.63) is 58.7 Å². The zero-order chi connectivity index (χ0) is 28.4. The van der Waals surface area contributed by atoms with E-state index in [0.29, 0.717) is 0 Å². The Morgan fingerprint density at radius 2 is 1.57 bits per heavy atom. The largest absolute Gasteiger partial charge is 0.394 e. The molecule has 0 radical (unpaired) electrons. The minimum absolute atomic E-state index is 0.00839. The van der Waals surface area contributed by atoms with Crippen LogP contribution in [0.1, 0.15) is 40.3 Å². The minimum atomic E-state index is -1.81. The Morgan fingerprint density at radius 1 is 0.975 bits per heavy atom. The monoisotopic (exact) mass is 557 g/mol. The van der Waals surface area contributed by atoms with Gasteiger partial charge in [-0.1, -0.05) is 0 Å². The Bertz CT molecular complexity index is 1980. The third kappa shape index (κ3) is 3.11. The molecule has 0 aliphatic carbocycles. The number of hydrogen-bond acceptors (Lipinski definition) is 6. The van der Waals surface area contributed by atoms with Crippen molar-refractivity contribution in [1.82, 2.24) is 14.9 Å². The number of carbonyl (C=O) groups excluding carboxylic acids is 2. The first-order valence-electron chi connectivity index (χ1n) is 12.2. The molecule has 2 aromatic heterocycles. The van der Waals surface area contributed by atoms with E-state index in [1.807, 2.05) is 0 Å². The summed E-state index contributed by atoms with van der Waals surface area (Å²) < 4.78 is 65.1. The van der Waals surface area contributed by atoms with Gasteiger partial charge in [-0.3, -0.25) is 14.9 Å². The van der Waals surface area contributed by atoms with Crippen molar-refractivity contribution >= 4 is 55.4 Å². The van der Waals surface area contributed by atoms with E-state index in [4.69, 9.17) is 4.74 Å². The van der Waals surface area contributed by atoms with Crippen LogP contribution in [-0.2, 0) is 4.74 Å². The van der Waals surface area contributed by atoms with Crippen LogP contribution in [0, 0.1) is 23.3 Å². The van der Waals surface area contributed by atoms with Gasteiger partial charge in [0.05, 0.1) is 46.0 Å². The van der Waals surface area contributed by atoms with Crippen molar-refractivity contribution in [3.63, 3.8) is 0 Å². The Kier molecular flexibility index (Phi) is 5.00. The number of ether oxygens (including phenoxy) is 1. The Morgan fingerprint density at radius 3 is 2.25 bits per heavy atom. The number of fused-ring (bicyclic) bond motifs is 10. The molecule has 1 fully saturated rings. The summed E-state index contributed by atoms with van der Waals surface area (Å²) >= 11 is 0. The standard InChI is InChI=1S/C27H19F4N3O6/c1-27(39)6-8(7-35)40-26(23(27)36)34-16-5-14(31)12(29)3-10(16)18-20-19(24(37)33-25(20)38)17-9-2-11(28)13(30)4-15(9)32-21(17)22(18)34/h2-5,8,23,26,32,35-36,39H,6-7H2,1H3,(H,33,37,38)/t8-,23-,26+,27-/m0/s1. The van der Waals surface area contributed by atoms with Crippen LogP contribution in [-0.4, -0.2) is 61.1 Å². The van der Waals surface area contributed by atoms with Crippen LogP contribution in [0.4, 0.5) is 17.6 Å². The Labute approximate surface area is 220 Å². The first-order valence-corrected chi connectivity index (χ1v) is 12.2. The Balaban J connectivity index is 1.75. The molecule has 4 heterocycles. The van der Waals surface area contributed by atoms with Gasteiger partial charge in [0, 0.05) is 45.6 Å².